The molecule has 0 aliphatic carbocycles. The van der Waals surface area contributed by atoms with Gasteiger partial charge in [0.15, 0.2) is 0 Å². The van der Waals surface area contributed by atoms with Gasteiger partial charge in [0.1, 0.15) is 0 Å². The Balaban J connectivity index is 1.89. The van der Waals surface area contributed by atoms with Crippen LogP contribution in [0.3, 0.4) is 0 Å². The van der Waals surface area contributed by atoms with E-state index in [0.717, 1.165) is 13.0 Å². The number of hydrogen-bond donors (Lipinski definition) is 0. The predicted octanol–water partition coefficient (Wildman–Crippen LogP) is 0.374. The summed E-state index contributed by atoms with van der Waals surface area (Å²) in [7, 11) is 0. The Morgan fingerprint density at radius 2 is 2.50 bits per heavy atom. The molecule has 1 rings (SSSR count). The molecule has 0 N–H and O–H groups in total. The summed E-state index contributed by atoms with van der Waals surface area (Å²) in [5.41, 5.74) is 0. The SMILES string of the molecule is O=[N+]([O-])OCCC1CCO1. The monoisotopic (exact) mass is 147 g/mol. The average molecular weight is 147 g/mol. The summed E-state index contributed by atoms with van der Waals surface area (Å²) in [5.74, 6) is 0. The van der Waals surface area contributed by atoms with Crippen molar-refractivity contribution in [1.82, 2.24) is 0 Å². The summed E-state index contributed by atoms with van der Waals surface area (Å²) in [6.07, 6.45) is 1.82. The molecule has 1 unspecified atom stereocenters. The first-order chi connectivity index (χ1) is 4.79. The van der Waals surface area contributed by atoms with Crippen LogP contribution in [-0.4, -0.2) is 24.4 Å². The zero-order valence-corrected chi connectivity index (χ0v) is 5.49. The molecule has 58 valence electrons. The molecule has 1 aliphatic rings. The fourth-order valence-corrected chi connectivity index (χ4v) is 0.771. The molecule has 0 spiro atoms. The van der Waals surface area contributed by atoms with Crippen LogP contribution in [-0.2, 0) is 9.57 Å². The van der Waals surface area contributed by atoms with Crippen LogP contribution in [0.5, 0.6) is 0 Å². The lowest BCUT2D eigenvalue weighted by Gasteiger charge is -2.25. The number of nitrogens with zero attached hydrogens (tertiary/aromatic N) is 1. The zero-order valence-electron chi connectivity index (χ0n) is 5.49. The second-order valence-electron chi connectivity index (χ2n) is 2.13. The average Bonchev–Trinajstić information content (AvgIpc) is 1.75. The lowest BCUT2D eigenvalue weighted by atomic mass is 10.1. The van der Waals surface area contributed by atoms with E-state index in [9.17, 15) is 10.1 Å². The quantitative estimate of drug-likeness (QED) is 0.426. The Morgan fingerprint density at radius 1 is 1.80 bits per heavy atom. The maximum atomic E-state index is 9.63. The smallest absolute Gasteiger partial charge is 0.294 e. The highest BCUT2D eigenvalue weighted by atomic mass is 16.9. The molecule has 5 heteroatoms. The van der Waals surface area contributed by atoms with Crippen LogP contribution >= 0.6 is 0 Å². The van der Waals surface area contributed by atoms with Crippen molar-refractivity contribution in [2.75, 3.05) is 13.2 Å². The van der Waals surface area contributed by atoms with Crippen LogP contribution in [0.15, 0.2) is 0 Å². The molecular formula is C5H9NO4. The van der Waals surface area contributed by atoms with E-state index in [-0.39, 0.29) is 12.7 Å². The van der Waals surface area contributed by atoms with Crippen molar-refractivity contribution in [2.24, 2.45) is 0 Å². The normalized spacial score (nSPS) is 23.4. The summed E-state index contributed by atoms with van der Waals surface area (Å²) in [4.78, 5) is 13.7. The van der Waals surface area contributed by atoms with Crippen molar-refractivity contribution in [3.05, 3.63) is 10.1 Å². The summed E-state index contributed by atoms with van der Waals surface area (Å²) >= 11 is 0. The highest BCUT2D eigenvalue weighted by Crippen LogP contribution is 2.13. The molecule has 0 aromatic carbocycles. The van der Waals surface area contributed by atoms with Gasteiger partial charge in [-0.05, 0) is 12.8 Å². The van der Waals surface area contributed by atoms with E-state index in [1.165, 1.54) is 0 Å². The Kier molecular flexibility index (Phi) is 2.44. The molecule has 0 radical (unpaired) electrons. The van der Waals surface area contributed by atoms with Crippen LogP contribution in [0.25, 0.3) is 0 Å². The lowest BCUT2D eigenvalue weighted by molar-refractivity contribution is -0.758. The number of hydrogen-bond acceptors (Lipinski definition) is 4. The molecule has 1 heterocycles. The topological polar surface area (TPSA) is 61.6 Å². The Hall–Kier alpha value is -0.840. The highest BCUT2D eigenvalue weighted by Gasteiger charge is 2.17. The molecule has 1 atom stereocenters. The second kappa shape index (κ2) is 3.36. The Morgan fingerprint density at radius 3 is 2.90 bits per heavy atom. The Labute approximate surface area is 58.0 Å². The largest absolute Gasteiger partial charge is 0.378 e. The fourth-order valence-electron chi connectivity index (χ4n) is 0.771. The molecule has 10 heavy (non-hydrogen) atoms. The maximum absolute atomic E-state index is 9.63. The summed E-state index contributed by atoms with van der Waals surface area (Å²) in [6, 6.07) is 0. The third-order valence-corrected chi connectivity index (χ3v) is 1.43. The third kappa shape index (κ3) is 2.18. The van der Waals surface area contributed by atoms with Crippen molar-refractivity contribution in [3.8, 4) is 0 Å². The molecule has 1 fully saturated rings. The van der Waals surface area contributed by atoms with Gasteiger partial charge in [-0.15, -0.1) is 10.1 Å². The Bertz CT molecular complexity index is 123. The van der Waals surface area contributed by atoms with Gasteiger partial charge in [-0.2, -0.15) is 0 Å². The van der Waals surface area contributed by atoms with Gasteiger partial charge in [0, 0.05) is 6.61 Å². The van der Waals surface area contributed by atoms with E-state index in [4.69, 9.17) is 4.74 Å². The van der Waals surface area contributed by atoms with E-state index < -0.39 is 5.09 Å². The standard InChI is InChI=1S/C5H9NO4/c7-6(8)10-4-2-5-1-3-9-5/h5H,1-4H2. The van der Waals surface area contributed by atoms with Crippen molar-refractivity contribution in [3.63, 3.8) is 0 Å². The summed E-state index contributed by atoms with van der Waals surface area (Å²) in [5, 5.41) is 8.85. The van der Waals surface area contributed by atoms with E-state index in [1.807, 2.05) is 0 Å². The van der Waals surface area contributed by atoms with Crippen LogP contribution < -0.4 is 0 Å². The lowest BCUT2D eigenvalue weighted by Crippen LogP contribution is -2.28. The van der Waals surface area contributed by atoms with Crippen LogP contribution in [0, 0.1) is 10.1 Å². The second-order valence-corrected chi connectivity index (χ2v) is 2.13. The molecule has 5 nitrogen and oxygen atoms in total. The number of rotatable bonds is 4. The van der Waals surface area contributed by atoms with Crippen LogP contribution in [0.2, 0.25) is 0 Å². The number of ether oxygens (including phenoxy) is 1. The predicted molar refractivity (Wildman–Crippen MR) is 31.9 cm³/mol. The molecule has 0 bridgehead atoms. The third-order valence-electron chi connectivity index (χ3n) is 1.43. The van der Waals surface area contributed by atoms with E-state index in [0.29, 0.717) is 6.42 Å². The van der Waals surface area contributed by atoms with Gasteiger partial charge in [0.25, 0.3) is 5.09 Å². The molecular weight excluding hydrogens is 138 g/mol. The van der Waals surface area contributed by atoms with Gasteiger partial charge < -0.3 is 9.57 Å². The first-order valence-electron chi connectivity index (χ1n) is 3.18. The summed E-state index contributed by atoms with van der Waals surface area (Å²) in [6.45, 7) is 0.931. The fraction of sp³-hybridized carbons (Fsp3) is 1.00. The van der Waals surface area contributed by atoms with Crippen molar-refractivity contribution in [1.29, 1.82) is 0 Å². The molecule has 0 amide bonds. The molecule has 0 aromatic rings. The van der Waals surface area contributed by atoms with Gasteiger partial charge in [-0.25, -0.2) is 0 Å². The van der Waals surface area contributed by atoms with E-state index >= 15 is 0 Å². The van der Waals surface area contributed by atoms with Gasteiger partial charge in [0.2, 0.25) is 0 Å². The van der Waals surface area contributed by atoms with Gasteiger partial charge in [-0.3, -0.25) is 0 Å². The van der Waals surface area contributed by atoms with Crippen LogP contribution in [0.4, 0.5) is 0 Å². The minimum Gasteiger partial charge on any atom is -0.378 e. The van der Waals surface area contributed by atoms with Gasteiger partial charge in [0.05, 0.1) is 12.7 Å². The zero-order chi connectivity index (χ0) is 7.40. The highest BCUT2D eigenvalue weighted by molar-refractivity contribution is 4.64. The minimum absolute atomic E-state index is 0.150. The van der Waals surface area contributed by atoms with Crippen LogP contribution in [0.1, 0.15) is 12.8 Å². The first kappa shape index (κ1) is 7.27. The van der Waals surface area contributed by atoms with Crippen molar-refractivity contribution < 1.29 is 14.7 Å². The van der Waals surface area contributed by atoms with Gasteiger partial charge >= 0.3 is 0 Å². The molecule has 1 saturated heterocycles. The first-order valence-corrected chi connectivity index (χ1v) is 3.18. The summed E-state index contributed by atoms with van der Waals surface area (Å²) < 4.78 is 5.01. The minimum atomic E-state index is -0.779. The van der Waals surface area contributed by atoms with Crippen molar-refractivity contribution >= 4 is 0 Å². The van der Waals surface area contributed by atoms with Crippen molar-refractivity contribution in [2.45, 2.75) is 18.9 Å². The molecule has 0 aromatic heterocycles. The maximum Gasteiger partial charge on any atom is 0.294 e. The molecule has 1 aliphatic heterocycles. The van der Waals surface area contributed by atoms with Gasteiger partial charge in [-0.1, -0.05) is 0 Å². The van der Waals surface area contributed by atoms with E-state index in [2.05, 4.69) is 4.84 Å². The molecule has 0 saturated carbocycles. The van der Waals surface area contributed by atoms with E-state index in [1.54, 1.807) is 0 Å².